The second kappa shape index (κ2) is 6.99. The van der Waals surface area contributed by atoms with Crippen molar-refractivity contribution in [2.45, 2.75) is 38.6 Å². The predicted molar refractivity (Wildman–Crippen MR) is 93.0 cm³/mol. The van der Waals surface area contributed by atoms with Crippen LogP contribution in [0.15, 0.2) is 41.5 Å². The van der Waals surface area contributed by atoms with Gasteiger partial charge in [0.15, 0.2) is 0 Å². The van der Waals surface area contributed by atoms with Crippen molar-refractivity contribution in [1.29, 1.82) is 0 Å². The van der Waals surface area contributed by atoms with E-state index in [1.807, 2.05) is 24.1 Å². The summed E-state index contributed by atoms with van der Waals surface area (Å²) in [6, 6.07) is 7.50. The van der Waals surface area contributed by atoms with E-state index in [1.165, 1.54) is 16.2 Å². The van der Waals surface area contributed by atoms with Crippen molar-refractivity contribution >= 4 is 5.91 Å². The summed E-state index contributed by atoms with van der Waals surface area (Å²) in [5.74, 6) is 0.0269. The van der Waals surface area contributed by atoms with Gasteiger partial charge in [-0.1, -0.05) is 0 Å². The molecule has 1 atom stereocenters. The third-order valence-electron chi connectivity index (χ3n) is 4.70. The molecule has 3 heterocycles. The molecule has 1 aliphatic rings. The Hall–Kier alpha value is -2.43. The highest BCUT2D eigenvalue weighted by Gasteiger charge is 2.29. The van der Waals surface area contributed by atoms with Crippen LogP contribution in [0.3, 0.4) is 0 Å². The monoisotopic (exact) mass is 325 g/mol. The Morgan fingerprint density at radius 3 is 2.92 bits per heavy atom. The van der Waals surface area contributed by atoms with Gasteiger partial charge in [0.05, 0.1) is 5.56 Å². The number of hydrogen-bond acceptors (Lipinski definition) is 3. The molecule has 24 heavy (non-hydrogen) atoms. The molecule has 2 aromatic rings. The summed E-state index contributed by atoms with van der Waals surface area (Å²) >= 11 is 0. The minimum atomic E-state index is -0.0995. The minimum Gasteiger partial charge on any atom is -0.336 e. The highest BCUT2D eigenvalue weighted by Crippen LogP contribution is 2.24. The molecule has 1 fully saturated rings. The second-order valence-corrected chi connectivity index (χ2v) is 6.51. The van der Waals surface area contributed by atoms with E-state index in [-0.39, 0.29) is 17.5 Å². The van der Waals surface area contributed by atoms with Gasteiger partial charge >= 0.3 is 0 Å². The molecule has 5 nitrogen and oxygen atoms in total. The Bertz CT molecular complexity index is 797. The molecular weight excluding hydrogens is 302 g/mol. The maximum Gasteiger partial charge on any atom is 0.255 e. The third kappa shape index (κ3) is 3.55. The zero-order chi connectivity index (χ0) is 17.1. The lowest BCUT2D eigenvalue weighted by Gasteiger charge is -2.25. The number of hydrogen-bond donors (Lipinski definition) is 0. The van der Waals surface area contributed by atoms with Crippen molar-refractivity contribution in [3.05, 3.63) is 63.8 Å². The Morgan fingerprint density at radius 2 is 2.17 bits per heavy atom. The topological polar surface area (TPSA) is 55.2 Å². The van der Waals surface area contributed by atoms with Gasteiger partial charge in [-0.2, -0.15) is 0 Å². The van der Waals surface area contributed by atoms with E-state index < -0.39 is 0 Å². The molecule has 2 aromatic heterocycles. The molecule has 126 valence electrons. The molecule has 1 unspecified atom stereocenters. The van der Waals surface area contributed by atoms with E-state index in [1.54, 1.807) is 19.3 Å². The standard InChI is InChI=1S/C19H23N3O2/c1-14-12-15(9-10-20-14)5-7-17-4-3-11-22(17)19(24)16-6-8-18(23)21(2)13-16/h6,8-10,12-13,17H,3-5,7,11H2,1-2H3. The number of rotatable bonds is 4. The molecular formula is C19H23N3O2. The van der Waals surface area contributed by atoms with Gasteiger partial charge in [-0.05, 0) is 56.4 Å². The summed E-state index contributed by atoms with van der Waals surface area (Å²) in [5, 5.41) is 0. The van der Waals surface area contributed by atoms with E-state index in [2.05, 4.69) is 11.1 Å². The third-order valence-corrected chi connectivity index (χ3v) is 4.70. The average Bonchev–Trinajstić information content (AvgIpc) is 3.03. The summed E-state index contributed by atoms with van der Waals surface area (Å²) in [7, 11) is 1.67. The molecule has 5 heteroatoms. The van der Waals surface area contributed by atoms with Crippen LogP contribution in [-0.4, -0.2) is 32.9 Å². The van der Waals surface area contributed by atoms with Crippen LogP contribution in [0.5, 0.6) is 0 Å². The molecule has 0 spiro atoms. The van der Waals surface area contributed by atoms with Crippen molar-refractivity contribution in [2.75, 3.05) is 6.54 Å². The van der Waals surface area contributed by atoms with Crippen molar-refractivity contribution in [3.8, 4) is 0 Å². The number of amides is 1. The minimum absolute atomic E-state index is 0.0269. The SMILES string of the molecule is Cc1cc(CCC2CCCN2C(=O)c2ccc(=O)n(C)c2)ccn1. The van der Waals surface area contributed by atoms with Gasteiger partial charge in [0.1, 0.15) is 0 Å². The van der Waals surface area contributed by atoms with Crippen molar-refractivity contribution in [2.24, 2.45) is 7.05 Å². The number of pyridine rings is 2. The van der Waals surface area contributed by atoms with E-state index in [4.69, 9.17) is 0 Å². The largest absolute Gasteiger partial charge is 0.336 e. The summed E-state index contributed by atoms with van der Waals surface area (Å²) < 4.78 is 1.46. The van der Waals surface area contributed by atoms with Crippen LogP contribution >= 0.6 is 0 Å². The Labute approximate surface area is 141 Å². The number of carbonyl (C=O) groups is 1. The number of nitrogens with zero attached hydrogens (tertiary/aromatic N) is 3. The van der Waals surface area contributed by atoms with Crippen molar-refractivity contribution < 1.29 is 4.79 Å². The van der Waals surface area contributed by atoms with Gasteiger partial charge in [0.25, 0.3) is 5.91 Å². The van der Waals surface area contributed by atoms with E-state index in [0.29, 0.717) is 5.56 Å². The second-order valence-electron chi connectivity index (χ2n) is 6.51. The molecule has 0 bridgehead atoms. The van der Waals surface area contributed by atoms with Gasteiger partial charge in [0, 0.05) is 43.8 Å². The molecule has 0 aliphatic carbocycles. The molecule has 0 saturated carbocycles. The molecule has 0 aromatic carbocycles. The lowest BCUT2D eigenvalue weighted by Crippen LogP contribution is -2.36. The van der Waals surface area contributed by atoms with Gasteiger partial charge in [-0.25, -0.2) is 0 Å². The molecule has 0 radical (unpaired) electrons. The maximum atomic E-state index is 12.8. The zero-order valence-electron chi connectivity index (χ0n) is 14.2. The molecule has 1 aliphatic heterocycles. The first kappa shape index (κ1) is 16.4. The molecule has 1 amide bonds. The Kier molecular flexibility index (Phi) is 4.79. The molecule has 3 rings (SSSR count). The summed E-state index contributed by atoms with van der Waals surface area (Å²) in [6.45, 7) is 2.79. The first-order valence-corrected chi connectivity index (χ1v) is 8.44. The summed E-state index contributed by atoms with van der Waals surface area (Å²) in [5.41, 5.74) is 2.78. The van der Waals surface area contributed by atoms with Gasteiger partial charge in [-0.3, -0.25) is 14.6 Å². The van der Waals surface area contributed by atoms with Crippen LogP contribution in [0.25, 0.3) is 0 Å². The van der Waals surface area contributed by atoms with Gasteiger partial charge in [-0.15, -0.1) is 0 Å². The normalized spacial score (nSPS) is 17.2. The maximum absolute atomic E-state index is 12.8. The first-order valence-electron chi connectivity index (χ1n) is 8.44. The van der Waals surface area contributed by atoms with Crippen LogP contribution < -0.4 is 5.56 Å². The van der Waals surface area contributed by atoms with Crippen LogP contribution in [0.4, 0.5) is 0 Å². The fraction of sp³-hybridized carbons (Fsp3) is 0.421. The summed E-state index contributed by atoms with van der Waals surface area (Å²) in [4.78, 5) is 30.5. The smallest absolute Gasteiger partial charge is 0.255 e. The Morgan fingerprint density at radius 1 is 1.33 bits per heavy atom. The van der Waals surface area contributed by atoms with Crippen LogP contribution in [-0.2, 0) is 13.5 Å². The quantitative estimate of drug-likeness (QED) is 0.867. The van der Waals surface area contributed by atoms with Gasteiger partial charge < -0.3 is 9.47 Å². The number of aryl methyl sites for hydroxylation is 3. The highest BCUT2D eigenvalue weighted by molar-refractivity contribution is 5.94. The van der Waals surface area contributed by atoms with Gasteiger partial charge in [0.2, 0.25) is 5.56 Å². The Balaban J connectivity index is 1.69. The van der Waals surface area contributed by atoms with E-state index >= 15 is 0 Å². The lowest BCUT2D eigenvalue weighted by atomic mass is 10.0. The van der Waals surface area contributed by atoms with Crippen LogP contribution in [0, 0.1) is 6.92 Å². The zero-order valence-corrected chi connectivity index (χ0v) is 14.2. The fourth-order valence-electron chi connectivity index (χ4n) is 3.38. The molecule has 0 N–H and O–H groups in total. The van der Waals surface area contributed by atoms with E-state index in [0.717, 1.165) is 37.9 Å². The lowest BCUT2D eigenvalue weighted by molar-refractivity contribution is 0.0729. The number of aromatic nitrogens is 2. The molecule has 1 saturated heterocycles. The number of carbonyl (C=O) groups excluding carboxylic acids is 1. The van der Waals surface area contributed by atoms with Crippen molar-refractivity contribution in [1.82, 2.24) is 14.5 Å². The average molecular weight is 325 g/mol. The number of likely N-dealkylation sites (tertiary alicyclic amines) is 1. The summed E-state index contributed by atoms with van der Waals surface area (Å²) in [6.07, 6.45) is 7.46. The van der Waals surface area contributed by atoms with Crippen LogP contribution in [0.2, 0.25) is 0 Å². The highest BCUT2D eigenvalue weighted by atomic mass is 16.2. The predicted octanol–water partition coefficient (Wildman–Crippen LogP) is 2.33. The fourth-order valence-corrected chi connectivity index (χ4v) is 3.38. The van der Waals surface area contributed by atoms with Crippen LogP contribution in [0.1, 0.15) is 40.9 Å². The first-order chi connectivity index (χ1) is 11.5. The van der Waals surface area contributed by atoms with Crippen molar-refractivity contribution in [3.63, 3.8) is 0 Å². The van der Waals surface area contributed by atoms with E-state index in [9.17, 15) is 9.59 Å².